The summed E-state index contributed by atoms with van der Waals surface area (Å²) in [5.74, 6) is -5.51. The highest BCUT2D eigenvalue weighted by Gasteiger charge is 2.44. The van der Waals surface area contributed by atoms with Gasteiger partial charge in [0.2, 0.25) is 0 Å². The van der Waals surface area contributed by atoms with Crippen LogP contribution in [0.2, 0.25) is 0 Å². The van der Waals surface area contributed by atoms with Crippen molar-refractivity contribution in [2.24, 2.45) is 0 Å². The summed E-state index contributed by atoms with van der Waals surface area (Å²) in [4.78, 5) is 28.8. The molecule has 0 saturated carbocycles. The number of carboxylic acids is 2. The first-order valence-electron chi connectivity index (χ1n) is 10.6. The highest BCUT2D eigenvalue weighted by atomic mass is 32.1. The Morgan fingerprint density at radius 2 is 1.78 bits per heavy atom. The van der Waals surface area contributed by atoms with Crippen LogP contribution in [0.5, 0.6) is 0 Å². The molecule has 3 atom stereocenters. The van der Waals surface area contributed by atoms with Crippen LogP contribution >= 0.6 is 11.3 Å². The maximum atomic E-state index is 10.6. The molecule has 4 heterocycles. The molecule has 0 aromatic carbocycles. The quantitative estimate of drug-likeness (QED) is 0.528. The molecule has 0 spiro atoms. The first-order chi connectivity index (χ1) is 17.3. The summed E-state index contributed by atoms with van der Waals surface area (Å²) in [6.45, 7) is 3.25. The molecule has 9 nitrogen and oxygen atoms in total. The number of pyridine rings is 1. The number of thiazole rings is 1. The van der Waals surface area contributed by atoms with Crippen LogP contribution in [0, 0.1) is 0 Å². The fourth-order valence-electron chi connectivity index (χ4n) is 3.52. The lowest BCUT2D eigenvalue weighted by Crippen LogP contribution is -2.41. The van der Waals surface area contributed by atoms with Crippen LogP contribution in [-0.4, -0.2) is 80.8 Å². The zero-order chi connectivity index (χ0) is 27.6. The molecule has 0 bridgehead atoms. The van der Waals surface area contributed by atoms with E-state index in [4.69, 9.17) is 29.3 Å². The van der Waals surface area contributed by atoms with Gasteiger partial charge >= 0.3 is 24.3 Å². The molecule has 0 aliphatic carbocycles. The summed E-state index contributed by atoms with van der Waals surface area (Å²) in [6, 6.07) is 4.45. The number of nitrogens with zero attached hydrogens (tertiary/aromatic N) is 3. The number of ether oxygens (including phenoxy) is 2. The van der Waals surface area contributed by atoms with E-state index < -0.39 is 24.3 Å². The van der Waals surface area contributed by atoms with E-state index in [0.717, 1.165) is 31.7 Å². The van der Waals surface area contributed by atoms with Crippen LogP contribution in [-0.2, 0) is 32.2 Å². The Balaban J connectivity index is 0.000000286. The summed E-state index contributed by atoms with van der Waals surface area (Å²) >= 11 is 1.72. The number of hydrogen-bond donors (Lipinski definition) is 2. The van der Waals surface area contributed by atoms with E-state index in [-0.39, 0.29) is 12.2 Å². The number of aromatic nitrogens is 2. The van der Waals surface area contributed by atoms with E-state index in [1.165, 1.54) is 11.4 Å². The van der Waals surface area contributed by atoms with Crippen LogP contribution < -0.4 is 0 Å². The van der Waals surface area contributed by atoms with E-state index in [1.807, 2.05) is 23.8 Å². The van der Waals surface area contributed by atoms with Gasteiger partial charge in [0.1, 0.15) is 11.1 Å². The molecule has 0 radical (unpaired) electrons. The van der Waals surface area contributed by atoms with Gasteiger partial charge in [-0.3, -0.25) is 9.88 Å². The van der Waals surface area contributed by atoms with Crippen molar-refractivity contribution in [3.63, 3.8) is 0 Å². The van der Waals surface area contributed by atoms with Crippen LogP contribution in [0.1, 0.15) is 23.4 Å². The van der Waals surface area contributed by atoms with E-state index in [1.54, 1.807) is 17.5 Å². The van der Waals surface area contributed by atoms with Gasteiger partial charge in [0.05, 0.1) is 19.3 Å². The van der Waals surface area contributed by atoms with Crippen LogP contribution in [0.25, 0.3) is 0 Å². The van der Waals surface area contributed by atoms with Crippen LogP contribution in [0.3, 0.4) is 0 Å². The highest BCUT2D eigenvalue weighted by molar-refractivity contribution is 7.09. The highest BCUT2D eigenvalue weighted by Crippen LogP contribution is 2.32. The largest absolute Gasteiger partial charge is 0.490 e. The monoisotopic (exact) mass is 559 g/mol. The minimum Gasteiger partial charge on any atom is -0.475 e. The third-order valence-corrected chi connectivity index (χ3v) is 5.84. The van der Waals surface area contributed by atoms with Crippen molar-refractivity contribution in [3.8, 4) is 0 Å². The second kappa shape index (κ2) is 13.6. The summed E-state index contributed by atoms with van der Waals surface area (Å²) in [5, 5.41) is 17.5. The Morgan fingerprint density at radius 1 is 1.14 bits per heavy atom. The van der Waals surface area contributed by atoms with Gasteiger partial charge in [0, 0.05) is 43.2 Å². The molecule has 37 heavy (non-hydrogen) atoms. The molecule has 2 fully saturated rings. The number of alkyl halides is 6. The second-order valence-corrected chi connectivity index (χ2v) is 8.70. The molecule has 2 aromatic rings. The van der Waals surface area contributed by atoms with Gasteiger partial charge in [-0.05, 0) is 24.5 Å². The van der Waals surface area contributed by atoms with E-state index in [2.05, 4.69) is 20.9 Å². The summed E-state index contributed by atoms with van der Waals surface area (Å²) in [5.41, 5.74) is 1.11. The van der Waals surface area contributed by atoms with E-state index in [9.17, 15) is 26.3 Å². The molecule has 2 N–H and O–H groups in total. The van der Waals surface area contributed by atoms with Gasteiger partial charge in [-0.15, -0.1) is 11.3 Å². The lowest BCUT2D eigenvalue weighted by molar-refractivity contribution is -0.193. The number of halogens is 6. The lowest BCUT2D eigenvalue weighted by atomic mass is 10.0. The normalized spacial score (nSPS) is 21.6. The number of aliphatic carboxylic acids is 2. The minimum absolute atomic E-state index is 0.125. The maximum Gasteiger partial charge on any atom is 0.490 e. The molecular formula is C21H23F6N3O6S. The number of carboxylic acid groups (broad SMARTS) is 2. The summed E-state index contributed by atoms with van der Waals surface area (Å²) in [7, 11) is 0. The van der Waals surface area contributed by atoms with Gasteiger partial charge in [-0.2, -0.15) is 26.3 Å². The number of carbonyl (C=O) groups is 2. The SMILES string of the molecule is O=C(O)C(F)(F)F.O=C(O)C(F)(F)F.c1cncc(CO[C@@H]2CN(Cc3nccs3)[C@@H]3CCCO[C@@H]32)c1. The van der Waals surface area contributed by atoms with Gasteiger partial charge < -0.3 is 19.7 Å². The molecule has 2 aliphatic rings. The van der Waals surface area contributed by atoms with Crippen molar-refractivity contribution in [1.29, 1.82) is 0 Å². The zero-order valence-electron chi connectivity index (χ0n) is 19.0. The topological polar surface area (TPSA) is 122 Å². The Labute approximate surface area is 210 Å². The third kappa shape index (κ3) is 10.2. The molecule has 2 aromatic heterocycles. The molecule has 2 saturated heterocycles. The van der Waals surface area contributed by atoms with E-state index >= 15 is 0 Å². The van der Waals surface area contributed by atoms with Gasteiger partial charge in [0.15, 0.2) is 0 Å². The molecule has 16 heteroatoms. The average molecular weight is 559 g/mol. The summed E-state index contributed by atoms with van der Waals surface area (Å²) < 4.78 is 75.7. The lowest BCUT2D eigenvalue weighted by Gasteiger charge is -2.32. The van der Waals surface area contributed by atoms with Gasteiger partial charge in [-0.1, -0.05) is 6.07 Å². The average Bonchev–Trinajstić information content (AvgIpc) is 3.46. The fraction of sp³-hybridized carbons (Fsp3) is 0.524. The van der Waals surface area contributed by atoms with Crippen molar-refractivity contribution in [2.75, 3.05) is 13.2 Å². The Bertz CT molecular complexity index is 953. The third-order valence-electron chi connectivity index (χ3n) is 5.08. The van der Waals surface area contributed by atoms with Crippen LogP contribution in [0.4, 0.5) is 26.3 Å². The Hall–Kier alpha value is -2.82. The molecule has 4 rings (SSSR count). The van der Waals surface area contributed by atoms with E-state index in [0.29, 0.717) is 12.6 Å². The Kier molecular flexibility index (Phi) is 11.2. The molecule has 2 aliphatic heterocycles. The van der Waals surface area contributed by atoms with Crippen molar-refractivity contribution in [2.45, 2.75) is 56.6 Å². The number of rotatable bonds is 5. The zero-order valence-corrected chi connectivity index (χ0v) is 19.8. The van der Waals surface area contributed by atoms with Crippen LogP contribution in [0.15, 0.2) is 36.1 Å². The van der Waals surface area contributed by atoms with Crippen molar-refractivity contribution >= 4 is 23.3 Å². The standard InChI is InChI=1S/C17H21N3O2S.2C2HF3O2/c1-3-13(9-18-5-1)12-22-15-10-20(11-16-19-6-8-23-16)14-4-2-7-21-17(14)15;2*3-2(4,5)1(6)7/h1,3,5-6,8-9,14-15,17H,2,4,7,10-12H2;2*(H,6,7)/t14-,15-,17+;;/m1../s1. The molecule has 0 amide bonds. The van der Waals surface area contributed by atoms with Crippen molar-refractivity contribution in [3.05, 3.63) is 46.7 Å². The summed E-state index contributed by atoms with van der Waals surface area (Å²) in [6.07, 6.45) is -2.02. The van der Waals surface area contributed by atoms with Gasteiger partial charge in [0.25, 0.3) is 0 Å². The first kappa shape index (κ1) is 30.4. The number of hydrogen-bond acceptors (Lipinski definition) is 8. The smallest absolute Gasteiger partial charge is 0.475 e. The first-order valence-corrected chi connectivity index (χ1v) is 11.5. The fourth-order valence-corrected chi connectivity index (χ4v) is 4.16. The predicted octanol–water partition coefficient (Wildman–Crippen LogP) is 3.75. The molecule has 206 valence electrons. The molecular weight excluding hydrogens is 536 g/mol. The number of fused-ring (bicyclic) bond motifs is 1. The van der Waals surface area contributed by atoms with Crippen molar-refractivity contribution < 1.29 is 55.6 Å². The maximum absolute atomic E-state index is 10.6. The second-order valence-electron chi connectivity index (χ2n) is 7.72. The minimum atomic E-state index is -5.08. The number of likely N-dealkylation sites (tertiary alicyclic amines) is 1. The predicted molar refractivity (Wildman–Crippen MR) is 115 cm³/mol. The molecule has 0 unspecified atom stereocenters. The van der Waals surface area contributed by atoms with Crippen molar-refractivity contribution in [1.82, 2.24) is 14.9 Å². The Morgan fingerprint density at radius 3 is 2.30 bits per heavy atom. The van der Waals surface area contributed by atoms with Gasteiger partial charge in [-0.25, -0.2) is 14.6 Å².